The number of rotatable bonds is 0. The number of carbonyl (C=O) groups excluding carboxylic acids is 1. The second-order valence-corrected chi connectivity index (χ2v) is 6.69. The van der Waals surface area contributed by atoms with Gasteiger partial charge in [0.25, 0.3) is 5.91 Å². The number of amides is 1. The van der Waals surface area contributed by atoms with Gasteiger partial charge in [-0.2, -0.15) is 0 Å². The SMILES string of the molecule is CN1c2ccccc2C(=O)N2CC[C@@H]3c4ccccc4N[C@@H]3C21. The van der Waals surface area contributed by atoms with E-state index in [4.69, 9.17) is 0 Å². The minimum Gasteiger partial charge on any atom is -0.377 e. The smallest absolute Gasteiger partial charge is 0.257 e. The molecule has 2 aromatic rings. The number of fused-ring (bicyclic) bond motifs is 6. The van der Waals surface area contributed by atoms with Crippen LogP contribution in [-0.4, -0.2) is 36.6 Å². The lowest BCUT2D eigenvalue weighted by atomic mass is 9.84. The van der Waals surface area contributed by atoms with Crippen molar-refractivity contribution in [3.05, 3.63) is 59.7 Å². The lowest BCUT2D eigenvalue weighted by molar-refractivity contribution is 0.0548. The molecule has 0 saturated carbocycles. The molecule has 3 aliphatic rings. The predicted molar refractivity (Wildman–Crippen MR) is 90.9 cm³/mol. The van der Waals surface area contributed by atoms with E-state index in [2.05, 4.69) is 47.6 Å². The third-order valence-electron chi connectivity index (χ3n) is 5.61. The summed E-state index contributed by atoms with van der Waals surface area (Å²) in [6.07, 6.45) is 1.09. The molecular formula is C19H19N3O. The Balaban J connectivity index is 1.60. The van der Waals surface area contributed by atoms with E-state index in [1.807, 2.05) is 23.1 Å². The highest BCUT2D eigenvalue weighted by molar-refractivity contribution is 6.02. The third kappa shape index (κ3) is 1.63. The zero-order valence-electron chi connectivity index (χ0n) is 13.1. The first kappa shape index (κ1) is 13.0. The van der Waals surface area contributed by atoms with E-state index in [0.29, 0.717) is 5.92 Å². The maximum absolute atomic E-state index is 12.9. The number of hydrogen-bond donors (Lipinski definition) is 1. The molecule has 5 rings (SSSR count). The molecular weight excluding hydrogens is 286 g/mol. The van der Waals surface area contributed by atoms with Gasteiger partial charge in [-0.1, -0.05) is 30.3 Å². The Hall–Kier alpha value is -2.49. The largest absolute Gasteiger partial charge is 0.377 e. The molecule has 2 aromatic carbocycles. The topological polar surface area (TPSA) is 35.6 Å². The van der Waals surface area contributed by atoms with Crippen molar-refractivity contribution in [1.82, 2.24) is 4.90 Å². The summed E-state index contributed by atoms with van der Waals surface area (Å²) < 4.78 is 0. The highest BCUT2D eigenvalue weighted by atomic mass is 16.2. The number of carbonyl (C=O) groups is 1. The van der Waals surface area contributed by atoms with Gasteiger partial charge in [-0.05, 0) is 30.2 Å². The molecule has 1 unspecified atom stereocenters. The summed E-state index contributed by atoms with van der Waals surface area (Å²) in [5.74, 6) is 0.646. The van der Waals surface area contributed by atoms with Crippen molar-refractivity contribution >= 4 is 17.3 Å². The first-order valence-electron chi connectivity index (χ1n) is 8.24. The van der Waals surface area contributed by atoms with E-state index < -0.39 is 0 Å². The Labute approximate surface area is 135 Å². The fourth-order valence-corrected chi connectivity index (χ4v) is 4.58. The fraction of sp³-hybridized carbons (Fsp3) is 0.316. The molecule has 0 aliphatic carbocycles. The minimum absolute atomic E-state index is 0.0727. The third-order valence-corrected chi connectivity index (χ3v) is 5.61. The molecule has 1 amide bonds. The second kappa shape index (κ2) is 4.51. The molecule has 1 saturated heterocycles. The van der Waals surface area contributed by atoms with E-state index in [1.54, 1.807) is 0 Å². The second-order valence-electron chi connectivity index (χ2n) is 6.69. The van der Waals surface area contributed by atoms with Gasteiger partial charge >= 0.3 is 0 Å². The Morgan fingerprint density at radius 2 is 1.87 bits per heavy atom. The van der Waals surface area contributed by atoms with Gasteiger partial charge in [0.15, 0.2) is 0 Å². The quantitative estimate of drug-likeness (QED) is 0.813. The lowest BCUT2D eigenvalue weighted by Gasteiger charge is -2.51. The van der Waals surface area contributed by atoms with Crippen LogP contribution < -0.4 is 10.2 Å². The highest BCUT2D eigenvalue weighted by Gasteiger charge is 2.49. The molecule has 116 valence electrons. The highest BCUT2D eigenvalue weighted by Crippen LogP contribution is 2.46. The van der Waals surface area contributed by atoms with Gasteiger partial charge in [-0.3, -0.25) is 4.79 Å². The molecule has 3 heterocycles. The van der Waals surface area contributed by atoms with E-state index in [9.17, 15) is 4.79 Å². The Kier molecular flexibility index (Phi) is 2.55. The molecule has 1 N–H and O–H groups in total. The number of nitrogens with one attached hydrogen (secondary N) is 1. The van der Waals surface area contributed by atoms with Crippen LogP contribution in [0, 0.1) is 0 Å². The predicted octanol–water partition coefficient (Wildman–Crippen LogP) is 2.89. The van der Waals surface area contributed by atoms with Crippen LogP contribution in [0.15, 0.2) is 48.5 Å². The first-order chi connectivity index (χ1) is 11.3. The number of para-hydroxylation sites is 2. The average molecular weight is 305 g/mol. The molecule has 23 heavy (non-hydrogen) atoms. The summed E-state index contributed by atoms with van der Waals surface area (Å²) in [7, 11) is 2.11. The van der Waals surface area contributed by atoms with E-state index in [1.165, 1.54) is 11.3 Å². The van der Waals surface area contributed by atoms with Crippen LogP contribution in [0.4, 0.5) is 11.4 Å². The molecule has 0 radical (unpaired) electrons. The standard InChI is InChI=1S/C19H19N3O/c1-21-16-9-5-3-7-14(16)19(23)22-11-10-13-12-6-2-4-8-15(12)20-17(13)18(21)22/h2-9,13,17-18,20H,10-11H2,1H3/t13-,17+,18?/m1/s1. The van der Waals surface area contributed by atoms with Crippen molar-refractivity contribution in [3.63, 3.8) is 0 Å². The summed E-state index contributed by atoms with van der Waals surface area (Å²) in [6, 6.07) is 16.8. The zero-order valence-corrected chi connectivity index (χ0v) is 13.1. The summed E-state index contributed by atoms with van der Waals surface area (Å²) in [4.78, 5) is 17.2. The van der Waals surface area contributed by atoms with Gasteiger partial charge in [0, 0.05) is 25.2 Å². The van der Waals surface area contributed by atoms with Gasteiger partial charge in [0.1, 0.15) is 6.17 Å². The number of likely N-dealkylation sites (N-methyl/N-ethyl adjacent to an activating group) is 1. The van der Waals surface area contributed by atoms with Crippen molar-refractivity contribution in [3.8, 4) is 0 Å². The minimum atomic E-state index is 0.0727. The van der Waals surface area contributed by atoms with E-state index in [-0.39, 0.29) is 18.1 Å². The van der Waals surface area contributed by atoms with Crippen LogP contribution >= 0.6 is 0 Å². The average Bonchev–Trinajstić information content (AvgIpc) is 2.98. The van der Waals surface area contributed by atoms with Crippen molar-refractivity contribution in [1.29, 1.82) is 0 Å². The van der Waals surface area contributed by atoms with Gasteiger partial charge in [0.2, 0.25) is 0 Å². The Morgan fingerprint density at radius 3 is 2.78 bits per heavy atom. The van der Waals surface area contributed by atoms with Crippen molar-refractivity contribution in [2.45, 2.75) is 24.5 Å². The molecule has 4 nitrogen and oxygen atoms in total. The lowest BCUT2D eigenvalue weighted by Crippen LogP contribution is -2.64. The molecule has 4 heteroatoms. The molecule has 0 spiro atoms. The number of nitrogens with zero attached hydrogens (tertiary/aromatic N) is 2. The van der Waals surface area contributed by atoms with Gasteiger partial charge < -0.3 is 15.1 Å². The molecule has 3 aliphatic heterocycles. The van der Waals surface area contributed by atoms with Crippen LogP contribution in [0.2, 0.25) is 0 Å². The first-order valence-corrected chi connectivity index (χ1v) is 8.24. The number of piperidine rings is 1. The number of anilines is 2. The van der Waals surface area contributed by atoms with Crippen molar-refractivity contribution in [2.24, 2.45) is 0 Å². The van der Waals surface area contributed by atoms with Gasteiger partial charge in [-0.25, -0.2) is 0 Å². The number of benzene rings is 2. The van der Waals surface area contributed by atoms with Crippen LogP contribution in [0.3, 0.4) is 0 Å². The molecule has 0 aromatic heterocycles. The fourth-order valence-electron chi connectivity index (χ4n) is 4.58. The van der Waals surface area contributed by atoms with E-state index in [0.717, 1.165) is 24.2 Å². The summed E-state index contributed by atoms with van der Waals surface area (Å²) >= 11 is 0. The van der Waals surface area contributed by atoms with Crippen LogP contribution in [0.5, 0.6) is 0 Å². The van der Waals surface area contributed by atoms with Crippen molar-refractivity contribution in [2.75, 3.05) is 23.8 Å². The monoisotopic (exact) mass is 305 g/mol. The maximum atomic E-state index is 12.9. The normalized spacial score (nSPS) is 27.7. The molecule has 3 atom stereocenters. The Morgan fingerprint density at radius 1 is 1.09 bits per heavy atom. The van der Waals surface area contributed by atoms with Crippen LogP contribution in [0.25, 0.3) is 0 Å². The van der Waals surface area contributed by atoms with Crippen LogP contribution in [0.1, 0.15) is 28.3 Å². The number of hydrogen-bond acceptors (Lipinski definition) is 3. The zero-order chi connectivity index (χ0) is 15.6. The summed E-state index contributed by atoms with van der Waals surface area (Å²) in [5.41, 5.74) is 4.48. The van der Waals surface area contributed by atoms with Crippen LogP contribution in [-0.2, 0) is 0 Å². The molecule has 1 fully saturated rings. The maximum Gasteiger partial charge on any atom is 0.257 e. The summed E-state index contributed by atoms with van der Waals surface area (Å²) in [5, 5.41) is 3.68. The van der Waals surface area contributed by atoms with Gasteiger partial charge in [-0.15, -0.1) is 0 Å². The van der Waals surface area contributed by atoms with Gasteiger partial charge in [0.05, 0.1) is 17.3 Å². The summed E-state index contributed by atoms with van der Waals surface area (Å²) in [6.45, 7) is 0.819. The Bertz CT molecular complexity index is 803. The molecule has 0 bridgehead atoms. The van der Waals surface area contributed by atoms with E-state index >= 15 is 0 Å². The van der Waals surface area contributed by atoms with Crippen molar-refractivity contribution < 1.29 is 4.79 Å².